The zero-order valence-corrected chi connectivity index (χ0v) is 21.9. The van der Waals surface area contributed by atoms with Gasteiger partial charge in [0.15, 0.2) is 0 Å². The van der Waals surface area contributed by atoms with Crippen molar-refractivity contribution in [3.05, 3.63) is 41.5 Å². The lowest BCUT2D eigenvalue weighted by Gasteiger charge is -2.50. The fourth-order valence-electron chi connectivity index (χ4n) is 6.99. The van der Waals surface area contributed by atoms with Crippen molar-refractivity contribution in [3.63, 3.8) is 0 Å². The normalized spacial score (nSPS) is 36.7. The number of hydrogen-bond acceptors (Lipinski definition) is 9. The number of nitrogens with zero attached hydrogens (tertiary/aromatic N) is 4. The summed E-state index contributed by atoms with van der Waals surface area (Å²) in [6, 6.07) is 6.58. The zero-order valence-electron chi connectivity index (χ0n) is 21.9. The van der Waals surface area contributed by atoms with Crippen LogP contribution >= 0.6 is 0 Å². The summed E-state index contributed by atoms with van der Waals surface area (Å²) < 4.78 is 5.93. The maximum absolute atomic E-state index is 13.7. The van der Waals surface area contributed by atoms with Crippen LogP contribution in [0.25, 0.3) is 0 Å². The summed E-state index contributed by atoms with van der Waals surface area (Å²) >= 11 is 0. The Balaban J connectivity index is 1.14. The predicted octanol–water partition coefficient (Wildman–Crippen LogP) is 0.135. The second-order valence-electron chi connectivity index (χ2n) is 11.4. The van der Waals surface area contributed by atoms with Crippen LogP contribution in [0.15, 0.2) is 30.4 Å². The first-order chi connectivity index (χ1) is 18.5. The number of piperidine rings is 1. The molecule has 7 rings (SSSR count). The van der Waals surface area contributed by atoms with E-state index in [1.807, 2.05) is 9.91 Å². The Hall–Kier alpha value is -2.54. The Kier molecular flexibility index (Phi) is 6.38. The summed E-state index contributed by atoms with van der Waals surface area (Å²) in [5, 5.41) is 18.7. The molecule has 0 radical (unpaired) electrons. The molecule has 6 unspecified atom stereocenters. The van der Waals surface area contributed by atoms with Gasteiger partial charge in [0.2, 0.25) is 11.8 Å². The minimum absolute atomic E-state index is 0.0146. The molecule has 1 aromatic carbocycles. The lowest BCUT2D eigenvalue weighted by molar-refractivity contribution is -0.176. The van der Waals surface area contributed by atoms with Gasteiger partial charge in [0.25, 0.3) is 0 Å². The quantitative estimate of drug-likeness (QED) is 0.404. The summed E-state index contributed by atoms with van der Waals surface area (Å²) in [5.41, 5.74) is 3.80. The molecule has 6 heterocycles. The highest BCUT2D eigenvalue weighted by Gasteiger charge is 2.53. The van der Waals surface area contributed by atoms with Crippen molar-refractivity contribution in [1.82, 2.24) is 35.8 Å². The molecule has 0 saturated carbocycles. The van der Waals surface area contributed by atoms with Gasteiger partial charge in [-0.3, -0.25) is 35.4 Å². The summed E-state index contributed by atoms with van der Waals surface area (Å²) in [7, 11) is 2.14. The van der Waals surface area contributed by atoms with Gasteiger partial charge in [0.1, 0.15) is 19.1 Å². The second kappa shape index (κ2) is 9.89. The van der Waals surface area contributed by atoms with Crippen molar-refractivity contribution in [3.8, 4) is 0 Å². The molecule has 2 amide bonds. The third-order valence-corrected chi connectivity index (χ3v) is 8.84. The van der Waals surface area contributed by atoms with E-state index in [4.69, 9.17) is 4.74 Å². The van der Waals surface area contributed by atoms with E-state index in [1.54, 1.807) is 0 Å². The smallest absolute Gasteiger partial charge is 0.249 e. The molecule has 6 aliphatic rings. The number of rotatable bonds is 2. The number of morpholine rings is 1. The molecule has 2 bridgehead atoms. The van der Waals surface area contributed by atoms with E-state index in [0.717, 1.165) is 44.5 Å². The van der Waals surface area contributed by atoms with Crippen LogP contribution in [0.4, 0.5) is 5.69 Å². The van der Waals surface area contributed by atoms with E-state index in [9.17, 15) is 9.59 Å². The molecule has 4 saturated heterocycles. The number of amides is 2. The number of hydrazine groups is 1. The minimum Gasteiger partial charge on any atom is -0.365 e. The van der Waals surface area contributed by atoms with Gasteiger partial charge in [0.05, 0.1) is 30.9 Å². The van der Waals surface area contributed by atoms with Crippen molar-refractivity contribution >= 4 is 17.5 Å². The van der Waals surface area contributed by atoms with E-state index in [-0.39, 0.29) is 55.2 Å². The van der Waals surface area contributed by atoms with Crippen LogP contribution in [-0.2, 0) is 27.4 Å². The predicted molar refractivity (Wildman–Crippen MR) is 141 cm³/mol. The van der Waals surface area contributed by atoms with Gasteiger partial charge in [0, 0.05) is 31.9 Å². The third kappa shape index (κ3) is 4.31. The molecule has 11 heteroatoms. The molecule has 1 aromatic rings. The van der Waals surface area contributed by atoms with Gasteiger partial charge < -0.3 is 15.0 Å². The largest absolute Gasteiger partial charge is 0.365 e. The first kappa shape index (κ1) is 24.5. The number of carbonyl (C=O) groups is 2. The number of ether oxygens (including phenoxy) is 1. The van der Waals surface area contributed by atoms with E-state index >= 15 is 0 Å². The number of nitrogens with one attached hydrogen (secondary N) is 4. The molecule has 11 nitrogen and oxygen atoms in total. The maximum Gasteiger partial charge on any atom is 0.249 e. The van der Waals surface area contributed by atoms with E-state index in [1.165, 1.54) is 11.1 Å². The Morgan fingerprint density at radius 2 is 1.95 bits per heavy atom. The standard InChI is InChI=1S/C27H38N8O3/c1-32-14-17-6-7-19(12-18(17)15-32)29-27-28-13-20-24(31-27)35-22-9-8-21-25(30-22)33(23(36)16-38-21)10-4-2-3-5-11-34(35)26(20)37/h3,5-7,12,20-22,24-25,27-31H,2,4,8-11,13-16H2,1H3/b5-3-. The highest BCUT2D eigenvalue weighted by atomic mass is 16.5. The zero-order chi connectivity index (χ0) is 25.8. The summed E-state index contributed by atoms with van der Waals surface area (Å²) in [6.07, 6.45) is 7.09. The van der Waals surface area contributed by atoms with E-state index in [0.29, 0.717) is 19.6 Å². The number of benzene rings is 1. The van der Waals surface area contributed by atoms with Crippen molar-refractivity contribution < 1.29 is 14.3 Å². The monoisotopic (exact) mass is 522 g/mol. The van der Waals surface area contributed by atoms with E-state index < -0.39 is 0 Å². The first-order valence-corrected chi connectivity index (χ1v) is 14.0. The highest BCUT2D eigenvalue weighted by Crippen LogP contribution is 2.34. The fraction of sp³-hybridized carbons (Fsp3) is 0.630. The average Bonchev–Trinajstić information content (AvgIpc) is 3.41. The highest BCUT2D eigenvalue weighted by molar-refractivity contribution is 5.82. The lowest BCUT2D eigenvalue weighted by Crippen LogP contribution is -2.72. The van der Waals surface area contributed by atoms with Crippen molar-refractivity contribution in [2.45, 2.75) is 69.7 Å². The Labute approximate surface area is 223 Å². The van der Waals surface area contributed by atoms with Crippen LogP contribution < -0.4 is 21.3 Å². The number of fused-ring (bicyclic) bond motifs is 6. The van der Waals surface area contributed by atoms with Crippen LogP contribution in [-0.4, -0.2) is 95.8 Å². The molecule has 6 atom stereocenters. The third-order valence-electron chi connectivity index (χ3n) is 8.84. The number of anilines is 1. The molecule has 204 valence electrons. The van der Waals surface area contributed by atoms with E-state index in [2.05, 4.69) is 68.6 Å². The lowest BCUT2D eigenvalue weighted by atomic mass is 9.99. The number of allylic oxidation sites excluding steroid dienone is 1. The van der Waals surface area contributed by atoms with Gasteiger partial charge >= 0.3 is 0 Å². The summed E-state index contributed by atoms with van der Waals surface area (Å²) in [5.74, 6) is -0.0231. The van der Waals surface area contributed by atoms with Crippen molar-refractivity contribution in [2.75, 3.05) is 38.6 Å². The van der Waals surface area contributed by atoms with Crippen LogP contribution in [0.1, 0.15) is 36.8 Å². The van der Waals surface area contributed by atoms with Gasteiger partial charge in [-0.25, -0.2) is 0 Å². The van der Waals surface area contributed by atoms with Crippen LogP contribution in [0, 0.1) is 5.92 Å². The molecule has 6 aliphatic heterocycles. The first-order valence-electron chi connectivity index (χ1n) is 14.0. The summed E-state index contributed by atoms with van der Waals surface area (Å²) in [4.78, 5) is 30.7. The van der Waals surface area contributed by atoms with Crippen molar-refractivity contribution in [1.29, 1.82) is 0 Å². The Morgan fingerprint density at radius 1 is 1.05 bits per heavy atom. The number of hydrogen-bond donors (Lipinski definition) is 4. The molecule has 4 fully saturated rings. The van der Waals surface area contributed by atoms with Crippen molar-refractivity contribution in [2.24, 2.45) is 5.92 Å². The molecular weight excluding hydrogens is 484 g/mol. The maximum atomic E-state index is 13.7. The van der Waals surface area contributed by atoms with Crippen LogP contribution in [0.5, 0.6) is 0 Å². The topological polar surface area (TPSA) is 104 Å². The van der Waals surface area contributed by atoms with Gasteiger partial charge in [-0.2, -0.15) is 5.01 Å². The van der Waals surface area contributed by atoms with Gasteiger partial charge in [-0.1, -0.05) is 18.2 Å². The average molecular weight is 523 g/mol. The summed E-state index contributed by atoms with van der Waals surface area (Å²) in [6.45, 7) is 3.96. The Morgan fingerprint density at radius 3 is 2.87 bits per heavy atom. The molecule has 0 aliphatic carbocycles. The molecule has 0 aromatic heterocycles. The molecule has 4 N–H and O–H groups in total. The van der Waals surface area contributed by atoms with Gasteiger partial charge in [-0.15, -0.1) is 0 Å². The molecule has 0 spiro atoms. The fourth-order valence-corrected chi connectivity index (χ4v) is 6.99. The van der Waals surface area contributed by atoms with Gasteiger partial charge in [-0.05, 0) is 56.0 Å². The van der Waals surface area contributed by atoms with Crippen LogP contribution in [0.3, 0.4) is 0 Å². The number of carbonyl (C=O) groups excluding carboxylic acids is 2. The second-order valence-corrected chi connectivity index (χ2v) is 11.4. The molecular formula is C27H38N8O3. The Bertz CT molecular complexity index is 1130. The minimum atomic E-state index is -0.194. The SMILES string of the molecule is CN1Cc2ccc(NC3NCC4C(=O)N5C/C=C\CCCN6C(=O)COC7CCC(NC76)N5C4N3)cc2C1. The molecule has 38 heavy (non-hydrogen) atoms. The van der Waals surface area contributed by atoms with Crippen LogP contribution in [0.2, 0.25) is 0 Å².